The molecule has 57 heavy (non-hydrogen) atoms. The minimum atomic E-state index is -3.98. The quantitative estimate of drug-likeness (QED) is 0.302. The normalized spacial score (nSPS) is 29.8. The van der Waals surface area contributed by atoms with Crippen LogP contribution in [0.2, 0.25) is 0 Å². The number of aryl methyl sites for hydroxylation is 1. The van der Waals surface area contributed by atoms with Crippen LogP contribution in [-0.2, 0) is 30.8 Å². The number of sulfonamides is 1. The minimum absolute atomic E-state index is 0.0813. The molecule has 14 nitrogen and oxygen atoms in total. The molecule has 0 unspecified atom stereocenters. The third-order valence-electron chi connectivity index (χ3n) is 12.8. The van der Waals surface area contributed by atoms with E-state index in [2.05, 4.69) is 20.7 Å². The first-order chi connectivity index (χ1) is 27.0. The van der Waals surface area contributed by atoms with Crippen LogP contribution < -0.4 is 30.1 Å². The molecule has 5 atom stereocenters. The maximum absolute atomic E-state index is 14.9. The van der Waals surface area contributed by atoms with E-state index in [-0.39, 0.29) is 25.3 Å². The zero-order valence-electron chi connectivity index (χ0n) is 33.7. The molecule has 15 heteroatoms. The molecule has 0 radical (unpaired) electrons. The second kappa shape index (κ2) is 14.2. The van der Waals surface area contributed by atoms with Crippen LogP contribution in [0.5, 0.6) is 11.5 Å². The average Bonchev–Trinajstić information content (AvgIpc) is 4.08. The van der Waals surface area contributed by atoms with Gasteiger partial charge in [-0.05, 0) is 110 Å². The fraction of sp³-hybridized carbons (Fsp3) is 0.643. The number of aromatic nitrogens is 1. The van der Waals surface area contributed by atoms with Crippen molar-refractivity contribution in [3.8, 4) is 11.5 Å². The van der Waals surface area contributed by atoms with Gasteiger partial charge in [0.15, 0.2) is 0 Å². The van der Waals surface area contributed by atoms with E-state index in [1.165, 1.54) is 4.90 Å². The third-order valence-corrected chi connectivity index (χ3v) is 15.0. The van der Waals surface area contributed by atoms with E-state index < -0.39 is 73.2 Å². The predicted molar refractivity (Wildman–Crippen MR) is 213 cm³/mol. The Labute approximate surface area is 334 Å². The number of carbonyl (C=O) groups is 4. The summed E-state index contributed by atoms with van der Waals surface area (Å²) in [6.07, 6.45) is 11.6. The Morgan fingerprint density at radius 3 is 2.53 bits per heavy atom. The van der Waals surface area contributed by atoms with Gasteiger partial charge in [0.1, 0.15) is 34.7 Å². The zero-order chi connectivity index (χ0) is 40.5. The lowest BCUT2D eigenvalue weighted by Crippen LogP contribution is -2.59. The second-order valence-electron chi connectivity index (χ2n) is 18.6. The van der Waals surface area contributed by atoms with Crippen LogP contribution >= 0.6 is 0 Å². The topological polar surface area (TPSA) is 185 Å². The third kappa shape index (κ3) is 7.68. The first kappa shape index (κ1) is 39.4. The Hall–Kier alpha value is -4.40. The molecule has 308 valence electrons. The zero-order valence-corrected chi connectivity index (χ0v) is 34.5. The Morgan fingerprint density at radius 1 is 1.05 bits per heavy atom. The summed E-state index contributed by atoms with van der Waals surface area (Å²) in [7, 11) is -2.36. The summed E-state index contributed by atoms with van der Waals surface area (Å²) >= 11 is 0. The van der Waals surface area contributed by atoms with E-state index >= 15 is 0 Å². The Morgan fingerprint density at radius 2 is 1.82 bits per heavy atom. The molecule has 3 aliphatic carbocycles. The molecule has 1 spiro atoms. The van der Waals surface area contributed by atoms with E-state index in [0.717, 1.165) is 47.8 Å². The van der Waals surface area contributed by atoms with Crippen LogP contribution in [0.4, 0.5) is 4.79 Å². The number of nitrogens with one attached hydrogen (secondary N) is 4. The van der Waals surface area contributed by atoms with Gasteiger partial charge in [0.25, 0.3) is 5.91 Å². The highest BCUT2D eigenvalue weighted by Gasteiger charge is 2.64. The summed E-state index contributed by atoms with van der Waals surface area (Å²) in [5.41, 5.74) is -0.241. The van der Waals surface area contributed by atoms with Crippen molar-refractivity contribution in [3.05, 3.63) is 41.6 Å². The molecular formula is C42H56N6O8S. The Balaban J connectivity index is 1.15. The van der Waals surface area contributed by atoms with Gasteiger partial charge in [-0.1, -0.05) is 25.0 Å². The smallest absolute Gasteiger partial charge is 0.315 e. The van der Waals surface area contributed by atoms with Gasteiger partial charge < -0.3 is 30.3 Å². The summed E-state index contributed by atoms with van der Waals surface area (Å²) in [6.45, 7) is 7.27. The number of carbonyl (C=O) groups excluding carboxylic acids is 4. The number of amides is 5. The maximum Gasteiger partial charge on any atom is 0.315 e. The molecule has 3 aliphatic heterocycles. The van der Waals surface area contributed by atoms with E-state index in [0.29, 0.717) is 56.4 Å². The van der Waals surface area contributed by atoms with Crippen molar-refractivity contribution in [3.63, 3.8) is 0 Å². The lowest BCUT2D eigenvalue weighted by molar-refractivity contribution is -0.141. The molecule has 0 bridgehead atoms. The molecule has 1 aromatic heterocycles. The number of hydrogen-bond acceptors (Lipinski definition) is 9. The van der Waals surface area contributed by atoms with Gasteiger partial charge in [-0.2, -0.15) is 0 Å². The summed E-state index contributed by atoms with van der Waals surface area (Å²) in [6, 6.07) is 3.36. The number of hydrogen-bond donors (Lipinski definition) is 4. The monoisotopic (exact) mass is 804 g/mol. The molecule has 4 N–H and O–H groups in total. The van der Waals surface area contributed by atoms with E-state index in [1.54, 1.807) is 14.0 Å². The van der Waals surface area contributed by atoms with E-state index in [1.807, 2.05) is 51.1 Å². The van der Waals surface area contributed by atoms with Crippen molar-refractivity contribution in [1.82, 2.24) is 30.6 Å². The Kier molecular flexibility index (Phi) is 9.79. The minimum Gasteiger partial charge on any atom is -0.497 e. The first-order valence-electron chi connectivity index (χ1n) is 20.6. The molecule has 4 fully saturated rings. The van der Waals surface area contributed by atoms with E-state index in [9.17, 15) is 27.6 Å². The lowest BCUT2D eigenvalue weighted by atomic mass is 9.86. The fourth-order valence-corrected chi connectivity index (χ4v) is 10.1. The van der Waals surface area contributed by atoms with Crippen LogP contribution in [0, 0.1) is 5.92 Å². The highest BCUT2D eigenvalue weighted by molar-refractivity contribution is 7.91. The number of allylic oxidation sites excluding steroid dienone is 1. The summed E-state index contributed by atoms with van der Waals surface area (Å²) in [4.78, 5) is 63.6. The van der Waals surface area contributed by atoms with Gasteiger partial charge in [-0.25, -0.2) is 18.2 Å². The molecule has 8 rings (SSSR count). The number of benzene rings is 1. The predicted octanol–water partition coefficient (Wildman–Crippen LogP) is 4.65. The SMILES string of the molecule is COc1ccc2nc(C3CC3)c3c(c2c1)CC[C@]1(C[C@H]2C(=O)N[C@]4(C(=O)NS(=O)(=O)C5(C)CC5)C[C@H]4C=CCCCCC[C@H](NC(=O)NC(C)(C)C)C(=O)N2C1)O3. The highest BCUT2D eigenvalue weighted by atomic mass is 32.2. The van der Waals surface area contributed by atoms with Crippen molar-refractivity contribution in [2.45, 2.75) is 151 Å². The van der Waals surface area contributed by atoms with Gasteiger partial charge in [0.2, 0.25) is 21.8 Å². The molecule has 2 aromatic rings. The molecule has 1 saturated heterocycles. The van der Waals surface area contributed by atoms with E-state index in [4.69, 9.17) is 14.5 Å². The van der Waals surface area contributed by atoms with Crippen LogP contribution in [0.25, 0.3) is 10.9 Å². The number of fused-ring (bicyclic) bond motifs is 5. The fourth-order valence-electron chi connectivity index (χ4n) is 8.83. The number of urea groups is 1. The van der Waals surface area contributed by atoms with Crippen molar-refractivity contribution in [1.29, 1.82) is 0 Å². The average molecular weight is 805 g/mol. The molecule has 4 heterocycles. The molecule has 3 saturated carbocycles. The first-order valence-corrected chi connectivity index (χ1v) is 22.1. The van der Waals surface area contributed by atoms with Gasteiger partial charge in [-0.15, -0.1) is 0 Å². The number of pyridine rings is 1. The number of methoxy groups -OCH3 is 1. The molecular weight excluding hydrogens is 749 g/mol. The van der Waals surface area contributed by atoms with Crippen molar-refractivity contribution >= 4 is 44.7 Å². The van der Waals surface area contributed by atoms with Gasteiger partial charge in [-0.3, -0.25) is 19.1 Å². The maximum atomic E-state index is 14.9. The van der Waals surface area contributed by atoms with Crippen LogP contribution in [0.3, 0.4) is 0 Å². The van der Waals surface area contributed by atoms with Crippen molar-refractivity contribution < 1.29 is 37.1 Å². The number of ether oxygens (including phenoxy) is 2. The standard InChI is InChI=1S/C42H56N6O8S/c1-39(2,3)46-38(52)44-31-12-10-8-6-7-9-11-26-22-42(26,37(51)47-57(53,54)40(4)19-20-40)45-35(49)32-23-41(24-48(32)36(31)50)18-17-28-29-21-27(55-5)15-16-30(29)43-33(25-13-14-25)34(28)56-41/h9,11,15-16,21,25-26,31-32H,6-8,10,12-14,17-20,22-24H2,1-5H3,(H,45,49)(H,47,51)(H2,44,46,52)/t26-,31+,32+,41-,42-/m1/s1. The van der Waals surface area contributed by atoms with Gasteiger partial charge in [0.05, 0.1) is 29.6 Å². The van der Waals surface area contributed by atoms with Crippen molar-refractivity contribution in [2.24, 2.45) is 5.92 Å². The highest BCUT2D eigenvalue weighted by Crippen LogP contribution is 2.52. The van der Waals surface area contributed by atoms with Crippen molar-refractivity contribution in [2.75, 3.05) is 13.7 Å². The van der Waals surface area contributed by atoms with Gasteiger partial charge in [0, 0.05) is 34.7 Å². The van der Waals surface area contributed by atoms with Crippen LogP contribution in [-0.4, -0.2) is 89.2 Å². The molecule has 6 aliphatic rings. The second-order valence-corrected chi connectivity index (χ2v) is 20.8. The van der Waals surface area contributed by atoms with Crippen LogP contribution in [0.1, 0.15) is 122 Å². The summed E-state index contributed by atoms with van der Waals surface area (Å²) in [5.74, 6) is -0.499. The molecule has 5 amide bonds. The van der Waals surface area contributed by atoms with Crippen LogP contribution in [0.15, 0.2) is 30.4 Å². The summed E-state index contributed by atoms with van der Waals surface area (Å²) in [5, 5.41) is 9.75. The Bertz CT molecular complexity index is 2140. The largest absolute Gasteiger partial charge is 0.497 e. The van der Waals surface area contributed by atoms with Gasteiger partial charge >= 0.3 is 6.03 Å². The number of nitrogens with zero attached hydrogens (tertiary/aromatic N) is 2. The summed E-state index contributed by atoms with van der Waals surface area (Å²) < 4.78 is 40.5. The molecule has 1 aromatic carbocycles. The lowest BCUT2D eigenvalue weighted by Gasteiger charge is -2.37. The number of rotatable bonds is 6.